The van der Waals surface area contributed by atoms with Crippen molar-refractivity contribution in [3.63, 3.8) is 0 Å². The number of aromatic nitrogens is 2. The Labute approximate surface area is 144 Å². The zero-order valence-corrected chi connectivity index (χ0v) is 14.5. The van der Waals surface area contributed by atoms with Gasteiger partial charge in [0.15, 0.2) is 5.13 Å². The zero-order valence-electron chi connectivity index (χ0n) is 13.7. The van der Waals surface area contributed by atoms with Gasteiger partial charge in [-0.25, -0.2) is 14.4 Å². The van der Waals surface area contributed by atoms with Crippen LogP contribution in [0, 0.1) is 5.82 Å². The van der Waals surface area contributed by atoms with Crippen molar-refractivity contribution >= 4 is 22.3 Å². The lowest BCUT2D eigenvalue weighted by Gasteiger charge is -2.20. The van der Waals surface area contributed by atoms with Gasteiger partial charge in [0.25, 0.3) is 0 Å². The quantitative estimate of drug-likeness (QED) is 0.678. The molecule has 4 nitrogen and oxygen atoms in total. The third-order valence-corrected chi connectivity index (χ3v) is 4.07. The SMILES string of the molecule is CC(C)(C)c1ccc(Oc2ccnc(Nc3nccs3)c2)cc1F. The van der Waals surface area contributed by atoms with Crippen molar-refractivity contribution in [1.82, 2.24) is 9.97 Å². The van der Waals surface area contributed by atoms with E-state index >= 15 is 0 Å². The molecule has 24 heavy (non-hydrogen) atoms. The van der Waals surface area contributed by atoms with Gasteiger partial charge in [-0.05, 0) is 23.1 Å². The number of nitrogens with one attached hydrogen (secondary N) is 1. The molecule has 6 heteroatoms. The first-order valence-electron chi connectivity index (χ1n) is 7.52. The lowest BCUT2D eigenvalue weighted by molar-refractivity contribution is 0.468. The maximum absolute atomic E-state index is 14.3. The molecule has 0 aliphatic heterocycles. The van der Waals surface area contributed by atoms with Gasteiger partial charge >= 0.3 is 0 Å². The molecular formula is C18H18FN3OS. The van der Waals surface area contributed by atoms with Crippen LogP contribution in [0.4, 0.5) is 15.3 Å². The first-order chi connectivity index (χ1) is 11.4. The number of thiazole rings is 1. The summed E-state index contributed by atoms with van der Waals surface area (Å²) in [4.78, 5) is 8.37. The number of rotatable bonds is 4. The molecule has 1 aromatic carbocycles. The molecule has 0 fully saturated rings. The highest BCUT2D eigenvalue weighted by Gasteiger charge is 2.18. The summed E-state index contributed by atoms with van der Waals surface area (Å²) in [6.45, 7) is 5.93. The van der Waals surface area contributed by atoms with Gasteiger partial charge in [-0.2, -0.15) is 0 Å². The fourth-order valence-corrected chi connectivity index (χ4v) is 2.78. The number of hydrogen-bond acceptors (Lipinski definition) is 5. The molecule has 0 spiro atoms. The molecule has 124 valence electrons. The van der Waals surface area contributed by atoms with E-state index in [-0.39, 0.29) is 11.2 Å². The number of benzene rings is 1. The fraction of sp³-hybridized carbons (Fsp3) is 0.222. The van der Waals surface area contributed by atoms with E-state index in [0.29, 0.717) is 22.9 Å². The molecule has 3 rings (SSSR count). The zero-order chi connectivity index (χ0) is 17.2. The lowest BCUT2D eigenvalue weighted by atomic mass is 9.87. The number of hydrogen-bond donors (Lipinski definition) is 1. The topological polar surface area (TPSA) is 47.0 Å². The van der Waals surface area contributed by atoms with Gasteiger partial charge in [0.05, 0.1) is 0 Å². The predicted molar refractivity (Wildman–Crippen MR) is 94.8 cm³/mol. The first-order valence-corrected chi connectivity index (χ1v) is 8.40. The molecule has 2 aromatic heterocycles. The third-order valence-electron chi connectivity index (χ3n) is 3.38. The van der Waals surface area contributed by atoms with E-state index in [0.717, 1.165) is 5.13 Å². The number of ether oxygens (including phenoxy) is 1. The van der Waals surface area contributed by atoms with Crippen molar-refractivity contribution in [2.45, 2.75) is 26.2 Å². The van der Waals surface area contributed by atoms with Gasteiger partial charge in [-0.3, -0.25) is 0 Å². The minimum absolute atomic E-state index is 0.246. The highest BCUT2D eigenvalue weighted by molar-refractivity contribution is 7.13. The van der Waals surface area contributed by atoms with Crippen LogP contribution >= 0.6 is 11.3 Å². The second kappa shape index (κ2) is 6.57. The standard InChI is InChI=1S/C18H18FN3OS/c1-18(2,3)14-5-4-12(10-15(14)19)23-13-6-7-20-16(11-13)22-17-21-8-9-24-17/h4-11H,1-3H3,(H,20,21,22). The molecule has 0 unspecified atom stereocenters. The van der Waals surface area contributed by atoms with E-state index in [1.165, 1.54) is 17.4 Å². The fourth-order valence-electron chi connectivity index (χ4n) is 2.24. The Balaban J connectivity index is 1.78. The van der Waals surface area contributed by atoms with Crippen LogP contribution in [-0.4, -0.2) is 9.97 Å². The average molecular weight is 343 g/mol. The molecule has 1 N–H and O–H groups in total. The van der Waals surface area contributed by atoms with Crippen LogP contribution in [-0.2, 0) is 5.41 Å². The highest BCUT2D eigenvalue weighted by atomic mass is 32.1. The van der Waals surface area contributed by atoms with E-state index in [2.05, 4.69) is 15.3 Å². The number of nitrogens with zero attached hydrogens (tertiary/aromatic N) is 2. The van der Waals surface area contributed by atoms with Gasteiger partial charge in [-0.15, -0.1) is 11.3 Å². The van der Waals surface area contributed by atoms with Gasteiger partial charge < -0.3 is 10.1 Å². The van der Waals surface area contributed by atoms with Gasteiger partial charge in [0.2, 0.25) is 0 Å². The molecule has 0 saturated carbocycles. The van der Waals surface area contributed by atoms with Crippen molar-refractivity contribution in [2.75, 3.05) is 5.32 Å². The molecular weight excluding hydrogens is 325 g/mol. The van der Waals surface area contributed by atoms with Gasteiger partial charge in [-0.1, -0.05) is 26.8 Å². The Kier molecular flexibility index (Phi) is 4.49. The summed E-state index contributed by atoms with van der Waals surface area (Å²) in [6, 6.07) is 8.42. The van der Waals surface area contributed by atoms with E-state index in [1.54, 1.807) is 36.7 Å². The Morgan fingerprint density at radius 3 is 2.50 bits per heavy atom. The van der Waals surface area contributed by atoms with E-state index in [4.69, 9.17) is 4.74 Å². The van der Waals surface area contributed by atoms with Gasteiger partial charge in [0, 0.05) is 29.9 Å². The maximum atomic E-state index is 14.3. The van der Waals surface area contributed by atoms with Crippen LogP contribution < -0.4 is 10.1 Å². The molecule has 0 saturated heterocycles. The van der Waals surface area contributed by atoms with E-state index in [1.807, 2.05) is 26.2 Å². The second-order valence-electron chi connectivity index (χ2n) is 6.33. The highest BCUT2D eigenvalue weighted by Crippen LogP contribution is 2.30. The Morgan fingerprint density at radius 1 is 1.04 bits per heavy atom. The Morgan fingerprint density at radius 2 is 1.83 bits per heavy atom. The largest absolute Gasteiger partial charge is 0.457 e. The van der Waals surface area contributed by atoms with Crippen molar-refractivity contribution in [3.05, 3.63) is 59.5 Å². The van der Waals surface area contributed by atoms with Crippen molar-refractivity contribution in [3.8, 4) is 11.5 Å². The second-order valence-corrected chi connectivity index (χ2v) is 7.23. The number of pyridine rings is 1. The van der Waals surface area contributed by atoms with Crippen LogP contribution in [0.15, 0.2) is 48.1 Å². The van der Waals surface area contributed by atoms with Crippen LogP contribution in [0.5, 0.6) is 11.5 Å². The Hall–Kier alpha value is -2.47. The first kappa shape index (κ1) is 16.4. The van der Waals surface area contributed by atoms with Crippen molar-refractivity contribution < 1.29 is 9.13 Å². The average Bonchev–Trinajstić information content (AvgIpc) is 2.99. The van der Waals surface area contributed by atoms with Crippen LogP contribution in [0.1, 0.15) is 26.3 Å². The maximum Gasteiger partial charge on any atom is 0.188 e. The van der Waals surface area contributed by atoms with Gasteiger partial charge in [0.1, 0.15) is 23.1 Å². The van der Waals surface area contributed by atoms with E-state index < -0.39 is 0 Å². The minimum Gasteiger partial charge on any atom is -0.457 e. The lowest BCUT2D eigenvalue weighted by Crippen LogP contribution is -2.13. The predicted octanol–water partition coefficient (Wildman–Crippen LogP) is 5.51. The summed E-state index contributed by atoms with van der Waals surface area (Å²) in [5, 5.41) is 5.72. The summed E-state index contributed by atoms with van der Waals surface area (Å²) in [7, 11) is 0. The summed E-state index contributed by atoms with van der Waals surface area (Å²) in [5.41, 5.74) is 0.417. The number of anilines is 2. The molecule has 0 amide bonds. The molecule has 0 aliphatic carbocycles. The summed E-state index contributed by atoms with van der Waals surface area (Å²) in [6.07, 6.45) is 3.35. The number of halogens is 1. The Bertz CT molecular complexity index is 829. The van der Waals surface area contributed by atoms with Crippen molar-refractivity contribution in [2.24, 2.45) is 0 Å². The smallest absolute Gasteiger partial charge is 0.188 e. The molecule has 3 aromatic rings. The molecule has 0 bridgehead atoms. The third kappa shape index (κ3) is 3.89. The molecule has 2 heterocycles. The molecule has 0 atom stereocenters. The summed E-state index contributed by atoms with van der Waals surface area (Å²) in [5.74, 6) is 1.38. The van der Waals surface area contributed by atoms with Crippen LogP contribution in [0.2, 0.25) is 0 Å². The van der Waals surface area contributed by atoms with Crippen molar-refractivity contribution in [1.29, 1.82) is 0 Å². The minimum atomic E-state index is -0.268. The molecule has 0 radical (unpaired) electrons. The molecule has 0 aliphatic rings. The monoisotopic (exact) mass is 343 g/mol. The van der Waals surface area contributed by atoms with E-state index in [9.17, 15) is 4.39 Å². The van der Waals surface area contributed by atoms with Crippen LogP contribution in [0.3, 0.4) is 0 Å². The normalized spacial score (nSPS) is 11.3. The summed E-state index contributed by atoms with van der Waals surface area (Å²) < 4.78 is 20.0. The van der Waals surface area contributed by atoms with Crippen LogP contribution in [0.25, 0.3) is 0 Å². The summed E-state index contributed by atoms with van der Waals surface area (Å²) >= 11 is 1.48.